The van der Waals surface area contributed by atoms with Gasteiger partial charge in [0.05, 0.1) is 14.2 Å². The number of phenolic OH excluding ortho intramolecular Hbond substituents is 1. The molecular weight excluding hydrogens is 238 g/mol. The van der Waals surface area contributed by atoms with E-state index in [2.05, 4.69) is 0 Å². The van der Waals surface area contributed by atoms with Crippen molar-refractivity contribution in [3.8, 4) is 17.2 Å². The molecule has 2 rings (SSSR count). The molecule has 2 atom stereocenters. The smallest absolute Gasteiger partial charge is 0.324 e. The number of aromatic hydroxyl groups is 1. The molecule has 0 aliphatic heterocycles. The third-order valence-corrected chi connectivity index (χ3v) is 3.31. The van der Waals surface area contributed by atoms with Crippen LogP contribution in [0.15, 0.2) is 12.1 Å². The minimum atomic E-state index is -1.23. The lowest BCUT2D eigenvalue weighted by molar-refractivity contribution is -0.139. The maximum Gasteiger partial charge on any atom is 0.324 e. The summed E-state index contributed by atoms with van der Waals surface area (Å²) in [5.41, 5.74) is 5.20. The summed E-state index contributed by atoms with van der Waals surface area (Å²) in [4.78, 5) is 11.0. The zero-order valence-corrected chi connectivity index (χ0v) is 10.1. The van der Waals surface area contributed by atoms with Crippen molar-refractivity contribution in [2.24, 2.45) is 5.73 Å². The van der Waals surface area contributed by atoms with E-state index in [-0.39, 0.29) is 23.2 Å². The molecule has 1 fully saturated rings. The largest absolute Gasteiger partial charge is 0.502 e. The molecule has 18 heavy (non-hydrogen) atoms. The number of carbonyl (C=O) groups is 1. The van der Waals surface area contributed by atoms with Gasteiger partial charge in [-0.3, -0.25) is 4.79 Å². The van der Waals surface area contributed by atoms with Gasteiger partial charge in [0.2, 0.25) is 5.75 Å². The first-order valence-electron chi connectivity index (χ1n) is 5.41. The normalized spacial score (nSPS) is 25.6. The average Bonchev–Trinajstić information content (AvgIpc) is 3.03. The van der Waals surface area contributed by atoms with Gasteiger partial charge in [-0.15, -0.1) is 0 Å². The van der Waals surface area contributed by atoms with Gasteiger partial charge in [0, 0.05) is 5.92 Å². The van der Waals surface area contributed by atoms with Crippen LogP contribution in [0.25, 0.3) is 0 Å². The average molecular weight is 253 g/mol. The summed E-state index contributed by atoms with van der Waals surface area (Å²) in [6.45, 7) is 0. The second-order valence-corrected chi connectivity index (χ2v) is 4.38. The SMILES string of the molecule is COc1cc([C@@H]2C[C@]2(N)C(=O)O)cc(OC)c1O. The molecule has 1 aromatic carbocycles. The van der Waals surface area contributed by atoms with Crippen molar-refractivity contribution in [2.75, 3.05) is 14.2 Å². The van der Waals surface area contributed by atoms with E-state index in [1.54, 1.807) is 12.1 Å². The first kappa shape index (κ1) is 12.5. The van der Waals surface area contributed by atoms with E-state index < -0.39 is 11.5 Å². The highest BCUT2D eigenvalue weighted by molar-refractivity contribution is 5.85. The van der Waals surface area contributed by atoms with Crippen LogP contribution in [0, 0.1) is 0 Å². The lowest BCUT2D eigenvalue weighted by Gasteiger charge is -2.12. The number of nitrogens with two attached hydrogens (primary N) is 1. The van der Waals surface area contributed by atoms with Gasteiger partial charge in [-0.05, 0) is 24.1 Å². The number of phenols is 1. The number of benzene rings is 1. The number of carboxylic acids is 1. The second kappa shape index (κ2) is 4.06. The number of carboxylic acid groups (broad SMARTS) is 1. The van der Waals surface area contributed by atoms with Crippen molar-refractivity contribution in [3.63, 3.8) is 0 Å². The maximum absolute atomic E-state index is 11.0. The van der Waals surface area contributed by atoms with E-state index >= 15 is 0 Å². The monoisotopic (exact) mass is 253 g/mol. The fraction of sp³-hybridized carbons (Fsp3) is 0.417. The first-order valence-corrected chi connectivity index (χ1v) is 5.41. The molecule has 0 radical (unpaired) electrons. The molecule has 0 amide bonds. The summed E-state index contributed by atoms with van der Waals surface area (Å²) in [5, 5.41) is 18.8. The van der Waals surface area contributed by atoms with Gasteiger partial charge in [-0.1, -0.05) is 0 Å². The molecule has 1 aliphatic rings. The minimum absolute atomic E-state index is 0.109. The molecule has 0 spiro atoms. The highest BCUT2D eigenvalue weighted by atomic mass is 16.5. The van der Waals surface area contributed by atoms with Gasteiger partial charge in [0.1, 0.15) is 5.54 Å². The van der Waals surface area contributed by atoms with Crippen molar-refractivity contribution < 1.29 is 24.5 Å². The summed E-state index contributed by atoms with van der Waals surface area (Å²) >= 11 is 0. The predicted octanol–water partition coefficient (Wildman–Crippen LogP) is 0.679. The predicted molar refractivity (Wildman–Crippen MR) is 63.1 cm³/mol. The summed E-state index contributed by atoms with van der Waals surface area (Å²) < 4.78 is 10.0. The molecule has 6 nitrogen and oxygen atoms in total. The Labute approximate surface area is 104 Å². The molecule has 1 aliphatic carbocycles. The minimum Gasteiger partial charge on any atom is -0.502 e. The Kier molecular flexibility index (Phi) is 2.82. The van der Waals surface area contributed by atoms with Gasteiger partial charge in [-0.2, -0.15) is 0 Å². The number of rotatable bonds is 4. The first-order chi connectivity index (χ1) is 8.43. The van der Waals surface area contributed by atoms with Crippen molar-refractivity contribution >= 4 is 5.97 Å². The van der Waals surface area contributed by atoms with Crippen LogP contribution in [-0.4, -0.2) is 35.9 Å². The molecule has 1 saturated carbocycles. The maximum atomic E-state index is 11.0. The standard InChI is InChI=1S/C12H15NO5/c1-17-8-3-6(4-9(18-2)10(8)14)7-5-12(7,13)11(15)16/h3-4,7,14H,5,13H2,1-2H3,(H,15,16)/t7-,12+/m0/s1. The Balaban J connectivity index is 2.39. The van der Waals surface area contributed by atoms with E-state index in [1.165, 1.54) is 14.2 Å². The van der Waals surface area contributed by atoms with Gasteiger partial charge in [-0.25, -0.2) is 0 Å². The van der Waals surface area contributed by atoms with Crippen LogP contribution in [0.3, 0.4) is 0 Å². The Bertz CT molecular complexity index is 476. The molecule has 0 unspecified atom stereocenters. The van der Waals surface area contributed by atoms with E-state index in [0.717, 1.165) is 0 Å². The van der Waals surface area contributed by atoms with Crippen molar-refractivity contribution in [3.05, 3.63) is 17.7 Å². The number of hydrogen-bond acceptors (Lipinski definition) is 5. The quantitative estimate of drug-likeness (QED) is 0.729. The zero-order valence-electron chi connectivity index (χ0n) is 10.1. The third kappa shape index (κ3) is 1.74. The zero-order chi connectivity index (χ0) is 13.5. The summed E-state index contributed by atoms with van der Waals surface area (Å²) in [5.74, 6) is -0.952. The lowest BCUT2D eigenvalue weighted by Crippen LogP contribution is -2.34. The summed E-state index contributed by atoms with van der Waals surface area (Å²) in [6, 6.07) is 3.17. The van der Waals surface area contributed by atoms with Gasteiger partial charge in [0.15, 0.2) is 11.5 Å². The fourth-order valence-electron chi connectivity index (χ4n) is 2.05. The number of hydrogen-bond donors (Lipinski definition) is 3. The van der Waals surface area contributed by atoms with E-state index in [0.29, 0.717) is 12.0 Å². The van der Waals surface area contributed by atoms with Crippen LogP contribution < -0.4 is 15.2 Å². The molecule has 4 N–H and O–H groups in total. The highest BCUT2D eigenvalue weighted by Gasteiger charge is 2.58. The van der Waals surface area contributed by atoms with Gasteiger partial charge < -0.3 is 25.4 Å². The molecule has 0 aromatic heterocycles. The number of aliphatic carboxylic acids is 1. The fourth-order valence-corrected chi connectivity index (χ4v) is 2.05. The van der Waals surface area contributed by atoms with Gasteiger partial charge >= 0.3 is 5.97 Å². The highest BCUT2D eigenvalue weighted by Crippen LogP contribution is 2.52. The van der Waals surface area contributed by atoms with E-state index in [4.69, 9.17) is 20.3 Å². The Morgan fingerprint density at radius 1 is 1.39 bits per heavy atom. The summed E-state index contributed by atoms with van der Waals surface area (Å²) in [6.07, 6.45) is 0.361. The number of ether oxygens (including phenoxy) is 2. The number of methoxy groups -OCH3 is 2. The van der Waals surface area contributed by atoms with Crippen molar-refractivity contribution in [2.45, 2.75) is 17.9 Å². The van der Waals surface area contributed by atoms with Crippen molar-refractivity contribution in [1.82, 2.24) is 0 Å². The van der Waals surface area contributed by atoms with Crippen molar-refractivity contribution in [1.29, 1.82) is 0 Å². The Hall–Kier alpha value is -1.95. The van der Waals surface area contributed by atoms with E-state index in [9.17, 15) is 9.90 Å². The van der Waals surface area contributed by atoms with Crippen LogP contribution in [0.1, 0.15) is 17.9 Å². The molecule has 0 bridgehead atoms. The van der Waals surface area contributed by atoms with Gasteiger partial charge in [0.25, 0.3) is 0 Å². The topological polar surface area (TPSA) is 102 Å². The van der Waals surface area contributed by atoms with Crippen LogP contribution in [0.4, 0.5) is 0 Å². The van der Waals surface area contributed by atoms with Crippen LogP contribution in [0.5, 0.6) is 17.2 Å². The lowest BCUT2D eigenvalue weighted by atomic mass is 10.1. The third-order valence-electron chi connectivity index (χ3n) is 3.31. The molecule has 0 saturated heterocycles. The van der Waals surface area contributed by atoms with Crippen LogP contribution >= 0.6 is 0 Å². The molecular formula is C12H15NO5. The molecule has 98 valence electrons. The second-order valence-electron chi connectivity index (χ2n) is 4.38. The van der Waals surface area contributed by atoms with Crippen LogP contribution in [-0.2, 0) is 4.79 Å². The van der Waals surface area contributed by atoms with E-state index in [1.807, 2.05) is 0 Å². The Morgan fingerprint density at radius 2 is 1.89 bits per heavy atom. The summed E-state index contributed by atoms with van der Waals surface area (Å²) in [7, 11) is 2.83. The van der Waals surface area contributed by atoms with Crippen LogP contribution in [0.2, 0.25) is 0 Å². The molecule has 6 heteroatoms. The Morgan fingerprint density at radius 3 is 2.22 bits per heavy atom. The molecule has 0 heterocycles. The molecule has 1 aromatic rings.